The maximum atomic E-state index is 12.6. The van der Waals surface area contributed by atoms with Gasteiger partial charge in [0.15, 0.2) is 0 Å². The van der Waals surface area contributed by atoms with Gasteiger partial charge in [-0.2, -0.15) is 0 Å². The van der Waals surface area contributed by atoms with Crippen molar-refractivity contribution in [2.45, 2.75) is 78.9 Å². The van der Waals surface area contributed by atoms with Gasteiger partial charge >= 0.3 is 6.09 Å². The van der Waals surface area contributed by atoms with Crippen LogP contribution in [0.3, 0.4) is 0 Å². The third-order valence-electron chi connectivity index (χ3n) is 4.74. The van der Waals surface area contributed by atoms with Crippen LogP contribution in [0.1, 0.15) is 78.8 Å². The first-order valence-electron chi connectivity index (χ1n) is 10.4. The first kappa shape index (κ1) is 21.7. The minimum atomic E-state index is -0.511. The molecule has 1 aliphatic rings. The van der Waals surface area contributed by atoms with E-state index in [1.807, 2.05) is 33.0 Å². The van der Waals surface area contributed by atoms with Crippen molar-refractivity contribution >= 4 is 11.9 Å². The van der Waals surface area contributed by atoms with Crippen molar-refractivity contribution in [1.29, 1.82) is 0 Å². The fraction of sp³-hybridized carbons (Fsp3) is 0.727. The van der Waals surface area contributed by atoms with E-state index < -0.39 is 5.60 Å². The molecule has 1 aromatic heterocycles. The van der Waals surface area contributed by atoms with E-state index in [0.29, 0.717) is 24.3 Å². The lowest BCUT2D eigenvalue weighted by atomic mass is 10.1. The smallest absolute Gasteiger partial charge is 0.416 e. The van der Waals surface area contributed by atoms with Gasteiger partial charge in [0.2, 0.25) is 0 Å². The molecule has 0 aliphatic carbocycles. The Hall–Kier alpha value is -1.62. The Kier molecular flexibility index (Phi) is 7.66. The zero-order valence-corrected chi connectivity index (χ0v) is 18.0. The molecule has 0 aromatic carbocycles. The van der Waals surface area contributed by atoms with E-state index in [0.717, 1.165) is 25.9 Å². The second kappa shape index (κ2) is 9.54. The molecule has 1 fully saturated rings. The van der Waals surface area contributed by atoms with E-state index in [2.05, 4.69) is 36.7 Å². The minimum Gasteiger partial charge on any atom is -0.443 e. The fourth-order valence-electron chi connectivity index (χ4n) is 3.58. The van der Waals surface area contributed by atoms with Crippen LogP contribution in [0, 0.1) is 5.92 Å². The lowest BCUT2D eigenvalue weighted by Gasteiger charge is -2.28. The Morgan fingerprint density at radius 1 is 1.37 bits per heavy atom. The van der Waals surface area contributed by atoms with Gasteiger partial charge in [0.1, 0.15) is 11.4 Å². The molecule has 2 rings (SSSR count). The summed E-state index contributed by atoms with van der Waals surface area (Å²) in [6.07, 6.45) is 5.98. The maximum absolute atomic E-state index is 12.6. The number of ether oxygens (including phenoxy) is 1. The minimum absolute atomic E-state index is 0.321. The summed E-state index contributed by atoms with van der Waals surface area (Å²) in [6, 6.07) is 4.55. The lowest BCUT2D eigenvalue weighted by Crippen LogP contribution is -2.38. The zero-order valence-electron chi connectivity index (χ0n) is 18.0. The first-order valence-corrected chi connectivity index (χ1v) is 10.4. The predicted octanol–water partition coefficient (Wildman–Crippen LogP) is 5.42. The molecule has 0 radical (unpaired) electrons. The van der Waals surface area contributed by atoms with Crippen LogP contribution in [0.15, 0.2) is 18.3 Å². The van der Waals surface area contributed by atoms with Gasteiger partial charge in [-0.25, -0.2) is 9.78 Å². The number of unbranched alkanes of at least 4 members (excludes halogenated alkanes) is 1. The van der Waals surface area contributed by atoms with Crippen LogP contribution in [0.25, 0.3) is 0 Å². The Bertz CT molecular complexity index is 593. The highest BCUT2D eigenvalue weighted by Gasteiger charge is 2.28. The van der Waals surface area contributed by atoms with Crippen molar-refractivity contribution in [3.63, 3.8) is 0 Å². The molecule has 1 saturated heterocycles. The van der Waals surface area contributed by atoms with Crippen molar-refractivity contribution in [3.8, 4) is 0 Å². The van der Waals surface area contributed by atoms with E-state index >= 15 is 0 Å². The summed E-state index contributed by atoms with van der Waals surface area (Å²) in [5, 5.41) is 0. The Morgan fingerprint density at radius 2 is 2.11 bits per heavy atom. The number of aromatic nitrogens is 1. The number of anilines is 1. The standard InChI is InChI=1S/C22H37N3O2/c1-7-8-14-25(21(26)27-22(4,5)6)20-12-11-18(15-23-20)19-10-9-13-24(19)16-17(2)3/h11-12,15,17,19H,7-10,13-14,16H2,1-6H3. The first-order chi connectivity index (χ1) is 12.7. The van der Waals surface area contributed by atoms with E-state index in [4.69, 9.17) is 4.74 Å². The highest BCUT2D eigenvalue weighted by molar-refractivity contribution is 5.86. The number of rotatable bonds is 7. The molecule has 0 saturated carbocycles. The average Bonchev–Trinajstić information content (AvgIpc) is 3.01. The molecule has 1 unspecified atom stereocenters. The number of hydrogen-bond acceptors (Lipinski definition) is 4. The topological polar surface area (TPSA) is 45.7 Å². The van der Waals surface area contributed by atoms with Crippen molar-refractivity contribution < 1.29 is 9.53 Å². The van der Waals surface area contributed by atoms with Gasteiger partial charge in [0.05, 0.1) is 0 Å². The van der Waals surface area contributed by atoms with Crippen LogP contribution in [-0.4, -0.2) is 41.2 Å². The third kappa shape index (κ3) is 6.49. The van der Waals surface area contributed by atoms with Crippen LogP contribution in [0.5, 0.6) is 0 Å². The van der Waals surface area contributed by atoms with E-state index in [1.165, 1.54) is 18.4 Å². The van der Waals surface area contributed by atoms with Crippen molar-refractivity contribution in [2.24, 2.45) is 5.92 Å². The fourth-order valence-corrected chi connectivity index (χ4v) is 3.58. The van der Waals surface area contributed by atoms with Gasteiger partial charge in [0, 0.05) is 25.3 Å². The van der Waals surface area contributed by atoms with Gasteiger partial charge < -0.3 is 4.74 Å². The number of carbonyl (C=O) groups is 1. The second-order valence-electron chi connectivity index (χ2n) is 8.98. The monoisotopic (exact) mass is 375 g/mol. The zero-order chi connectivity index (χ0) is 20.0. The lowest BCUT2D eigenvalue weighted by molar-refractivity contribution is 0.0578. The van der Waals surface area contributed by atoms with Gasteiger partial charge in [0.25, 0.3) is 0 Å². The van der Waals surface area contributed by atoms with Crippen LogP contribution in [-0.2, 0) is 4.74 Å². The summed E-state index contributed by atoms with van der Waals surface area (Å²) in [4.78, 5) is 21.5. The van der Waals surface area contributed by atoms with Crippen LogP contribution in [0.4, 0.5) is 10.6 Å². The number of nitrogens with zero attached hydrogens (tertiary/aromatic N) is 3. The molecule has 1 amide bonds. The Balaban J connectivity index is 2.15. The summed E-state index contributed by atoms with van der Waals surface area (Å²) >= 11 is 0. The number of carbonyl (C=O) groups excluding carboxylic acids is 1. The summed E-state index contributed by atoms with van der Waals surface area (Å²) in [7, 11) is 0. The number of pyridine rings is 1. The summed E-state index contributed by atoms with van der Waals surface area (Å²) in [5.74, 6) is 1.34. The van der Waals surface area contributed by atoms with Crippen molar-refractivity contribution in [3.05, 3.63) is 23.9 Å². The molecular formula is C22H37N3O2. The van der Waals surface area contributed by atoms with Crippen LogP contribution in [0.2, 0.25) is 0 Å². The van der Waals surface area contributed by atoms with Gasteiger partial charge in [-0.1, -0.05) is 33.3 Å². The van der Waals surface area contributed by atoms with Gasteiger partial charge in [-0.05, 0) is 64.1 Å². The molecule has 1 atom stereocenters. The summed E-state index contributed by atoms with van der Waals surface area (Å²) in [6.45, 7) is 15.2. The largest absolute Gasteiger partial charge is 0.443 e. The number of amides is 1. The third-order valence-corrected chi connectivity index (χ3v) is 4.74. The molecule has 1 aliphatic heterocycles. The van der Waals surface area contributed by atoms with E-state index in [1.54, 1.807) is 4.90 Å². The molecule has 2 heterocycles. The van der Waals surface area contributed by atoms with Crippen molar-refractivity contribution in [1.82, 2.24) is 9.88 Å². The maximum Gasteiger partial charge on any atom is 0.416 e. The predicted molar refractivity (Wildman–Crippen MR) is 111 cm³/mol. The highest BCUT2D eigenvalue weighted by atomic mass is 16.6. The SMILES string of the molecule is CCCCN(C(=O)OC(C)(C)C)c1ccc(C2CCCN2CC(C)C)cn1. The van der Waals surface area contributed by atoms with Gasteiger partial charge in [-0.15, -0.1) is 0 Å². The van der Waals surface area contributed by atoms with Crippen LogP contribution >= 0.6 is 0 Å². The quantitative estimate of drug-likeness (QED) is 0.639. The molecular weight excluding hydrogens is 338 g/mol. The number of hydrogen-bond donors (Lipinski definition) is 0. The molecule has 0 spiro atoms. The molecule has 5 nitrogen and oxygen atoms in total. The van der Waals surface area contributed by atoms with Crippen molar-refractivity contribution in [2.75, 3.05) is 24.5 Å². The normalized spacial score (nSPS) is 18.1. The second-order valence-corrected chi connectivity index (χ2v) is 8.98. The van der Waals surface area contributed by atoms with E-state index in [-0.39, 0.29) is 6.09 Å². The molecule has 0 bridgehead atoms. The highest BCUT2D eigenvalue weighted by Crippen LogP contribution is 2.32. The summed E-state index contributed by atoms with van der Waals surface area (Å²) in [5.41, 5.74) is 0.736. The van der Waals surface area contributed by atoms with Gasteiger partial charge in [-0.3, -0.25) is 9.80 Å². The molecule has 0 N–H and O–H groups in total. The average molecular weight is 376 g/mol. The molecule has 27 heavy (non-hydrogen) atoms. The molecule has 1 aromatic rings. The van der Waals surface area contributed by atoms with Crippen LogP contribution < -0.4 is 4.90 Å². The van der Waals surface area contributed by atoms with E-state index in [9.17, 15) is 4.79 Å². The molecule has 152 valence electrons. The Morgan fingerprint density at radius 3 is 2.67 bits per heavy atom. The Labute approximate surface area is 165 Å². The number of likely N-dealkylation sites (tertiary alicyclic amines) is 1. The molecule has 5 heteroatoms. The summed E-state index contributed by atoms with van der Waals surface area (Å²) < 4.78 is 5.58.